The Morgan fingerprint density at radius 3 is 2.94 bits per heavy atom. The van der Waals surface area contributed by atoms with Gasteiger partial charge in [0.15, 0.2) is 5.69 Å². The second kappa shape index (κ2) is 9.39. The molecule has 2 aromatic heterocycles. The predicted molar refractivity (Wildman–Crippen MR) is 128 cm³/mol. The van der Waals surface area contributed by atoms with Crippen LogP contribution in [0.2, 0.25) is 5.02 Å². The number of halogens is 1. The molecule has 4 aromatic rings. The molecule has 1 amide bonds. The van der Waals surface area contributed by atoms with Crippen LogP contribution in [0.1, 0.15) is 32.9 Å². The summed E-state index contributed by atoms with van der Waals surface area (Å²) in [6.45, 7) is 3.04. The fraction of sp³-hybridized carbons (Fsp3) is 0.280. The topological polar surface area (TPSA) is 86.2 Å². The number of aliphatic hydroxyl groups excluding tert-OH is 1. The number of amides is 1. The predicted octanol–water partition coefficient (Wildman–Crippen LogP) is 3.50. The van der Waals surface area contributed by atoms with Crippen LogP contribution in [0.5, 0.6) is 0 Å². The smallest absolute Gasteiger partial charge is 0.272 e. The van der Waals surface area contributed by atoms with Crippen molar-refractivity contribution < 1.29 is 9.90 Å². The fourth-order valence-electron chi connectivity index (χ4n) is 4.56. The number of carbonyl (C=O) groups excluding carboxylic acids is 1. The number of aromatic nitrogens is 3. The highest BCUT2D eigenvalue weighted by molar-refractivity contribution is 6.30. The molecule has 0 radical (unpaired) electrons. The first-order chi connectivity index (χ1) is 16.1. The molecule has 1 aliphatic heterocycles. The lowest BCUT2D eigenvalue weighted by Crippen LogP contribution is -2.32. The van der Waals surface area contributed by atoms with Crippen LogP contribution in [0.3, 0.4) is 0 Å². The fourth-order valence-corrected chi connectivity index (χ4v) is 4.77. The van der Waals surface area contributed by atoms with Gasteiger partial charge in [0.25, 0.3) is 5.91 Å². The highest BCUT2D eigenvalue weighted by Crippen LogP contribution is 2.26. The number of aliphatic hydroxyl groups is 1. The SMILES string of the molecule is O=C(NCc1cccc(Cl)c1)c1nn(CCO)c2c1CN(Cc1c[nH]c3ccccc13)CC2. The maximum absolute atomic E-state index is 13.1. The zero-order chi connectivity index (χ0) is 22.8. The van der Waals surface area contributed by atoms with Gasteiger partial charge in [0.1, 0.15) is 0 Å². The molecular formula is C25H26ClN5O2. The highest BCUT2D eigenvalue weighted by atomic mass is 35.5. The van der Waals surface area contributed by atoms with Crippen LogP contribution >= 0.6 is 11.6 Å². The minimum Gasteiger partial charge on any atom is -0.394 e. The Hall–Kier alpha value is -3.13. The van der Waals surface area contributed by atoms with Gasteiger partial charge in [-0.15, -0.1) is 0 Å². The molecule has 0 saturated heterocycles. The van der Waals surface area contributed by atoms with Gasteiger partial charge in [-0.1, -0.05) is 41.9 Å². The van der Waals surface area contributed by atoms with Gasteiger partial charge in [-0.05, 0) is 29.3 Å². The zero-order valence-electron chi connectivity index (χ0n) is 18.2. The van der Waals surface area contributed by atoms with E-state index >= 15 is 0 Å². The minimum atomic E-state index is -0.211. The zero-order valence-corrected chi connectivity index (χ0v) is 19.0. The van der Waals surface area contributed by atoms with E-state index in [-0.39, 0.29) is 12.5 Å². The molecule has 3 N–H and O–H groups in total. The number of nitrogens with zero attached hydrogens (tertiary/aromatic N) is 3. The van der Waals surface area contributed by atoms with E-state index in [0.29, 0.717) is 30.4 Å². The maximum atomic E-state index is 13.1. The number of nitrogens with one attached hydrogen (secondary N) is 2. The van der Waals surface area contributed by atoms with E-state index in [2.05, 4.69) is 44.7 Å². The van der Waals surface area contributed by atoms with E-state index in [9.17, 15) is 9.90 Å². The van der Waals surface area contributed by atoms with E-state index in [1.165, 1.54) is 10.9 Å². The Morgan fingerprint density at radius 2 is 2.09 bits per heavy atom. The highest BCUT2D eigenvalue weighted by Gasteiger charge is 2.28. The van der Waals surface area contributed by atoms with Crippen LogP contribution in [0.25, 0.3) is 10.9 Å². The van der Waals surface area contributed by atoms with Gasteiger partial charge in [0.2, 0.25) is 0 Å². The van der Waals surface area contributed by atoms with Crippen LogP contribution in [0.4, 0.5) is 0 Å². The van der Waals surface area contributed by atoms with Crippen molar-refractivity contribution in [1.29, 1.82) is 0 Å². The number of rotatable bonds is 7. The summed E-state index contributed by atoms with van der Waals surface area (Å²) in [7, 11) is 0. The Labute approximate surface area is 197 Å². The van der Waals surface area contributed by atoms with Crippen LogP contribution in [-0.2, 0) is 32.6 Å². The second-order valence-electron chi connectivity index (χ2n) is 8.35. The third kappa shape index (κ3) is 4.53. The van der Waals surface area contributed by atoms with Gasteiger partial charge in [-0.3, -0.25) is 14.4 Å². The molecule has 0 bridgehead atoms. The van der Waals surface area contributed by atoms with E-state index in [0.717, 1.165) is 41.8 Å². The Kier molecular flexibility index (Phi) is 6.17. The van der Waals surface area contributed by atoms with Crippen molar-refractivity contribution in [3.63, 3.8) is 0 Å². The lowest BCUT2D eigenvalue weighted by molar-refractivity contribution is 0.0942. The summed E-state index contributed by atoms with van der Waals surface area (Å²) in [5.74, 6) is -0.211. The molecule has 3 heterocycles. The molecule has 0 aliphatic carbocycles. The summed E-state index contributed by atoms with van der Waals surface area (Å²) in [5.41, 5.74) is 5.71. The average Bonchev–Trinajstić information content (AvgIpc) is 3.39. The summed E-state index contributed by atoms with van der Waals surface area (Å²) in [6, 6.07) is 15.7. The van der Waals surface area contributed by atoms with Gasteiger partial charge in [0, 0.05) is 66.0 Å². The molecule has 1 aliphatic rings. The molecule has 33 heavy (non-hydrogen) atoms. The molecule has 5 rings (SSSR count). The van der Waals surface area contributed by atoms with Gasteiger partial charge in [0.05, 0.1) is 13.2 Å². The quantitative estimate of drug-likeness (QED) is 0.391. The first kappa shape index (κ1) is 21.7. The average molecular weight is 464 g/mol. The van der Waals surface area contributed by atoms with Crippen molar-refractivity contribution in [2.75, 3.05) is 13.2 Å². The molecule has 0 spiro atoms. The van der Waals surface area contributed by atoms with Crippen LogP contribution in [-0.4, -0.2) is 43.8 Å². The molecule has 0 unspecified atom stereocenters. The minimum absolute atomic E-state index is 0.0171. The third-order valence-electron chi connectivity index (χ3n) is 6.15. The van der Waals surface area contributed by atoms with Gasteiger partial charge in [-0.2, -0.15) is 5.10 Å². The molecule has 8 heteroatoms. The number of carbonyl (C=O) groups is 1. The Balaban J connectivity index is 1.36. The number of aromatic amines is 1. The van der Waals surface area contributed by atoms with Crippen molar-refractivity contribution in [2.45, 2.75) is 32.6 Å². The second-order valence-corrected chi connectivity index (χ2v) is 8.79. The molecule has 0 saturated carbocycles. The maximum Gasteiger partial charge on any atom is 0.272 e. The lowest BCUT2D eigenvalue weighted by atomic mass is 10.0. The summed E-state index contributed by atoms with van der Waals surface area (Å²) in [6.07, 6.45) is 2.85. The van der Waals surface area contributed by atoms with Crippen molar-refractivity contribution in [2.24, 2.45) is 0 Å². The van der Waals surface area contributed by atoms with Crippen molar-refractivity contribution >= 4 is 28.4 Å². The molecular weight excluding hydrogens is 438 g/mol. The van der Waals surface area contributed by atoms with E-state index in [1.54, 1.807) is 4.68 Å². The largest absolute Gasteiger partial charge is 0.394 e. The normalized spacial score (nSPS) is 13.9. The first-order valence-electron chi connectivity index (χ1n) is 11.1. The summed E-state index contributed by atoms with van der Waals surface area (Å²) in [4.78, 5) is 18.8. The van der Waals surface area contributed by atoms with Gasteiger partial charge in [-0.25, -0.2) is 0 Å². The molecule has 7 nitrogen and oxygen atoms in total. The summed E-state index contributed by atoms with van der Waals surface area (Å²) < 4.78 is 1.78. The molecule has 0 fully saturated rings. The van der Waals surface area contributed by atoms with Gasteiger partial charge >= 0.3 is 0 Å². The van der Waals surface area contributed by atoms with Crippen molar-refractivity contribution in [3.05, 3.63) is 87.8 Å². The summed E-state index contributed by atoms with van der Waals surface area (Å²) >= 11 is 6.06. The number of hydrogen-bond donors (Lipinski definition) is 3. The van der Waals surface area contributed by atoms with Crippen molar-refractivity contribution in [1.82, 2.24) is 25.0 Å². The van der Waals surface area contributed by atoms with E-state index in [4.69, 9.17) is 11.6 Å². The monoisotopic (exact) mass is 463 g/mol. The number of benzene rings is 2. The van der Waals surface area contributed by atoms with Crippen molar-refractivity contribution in [3.8, 4) is 0 Å². The van der Waals surface area contributed by atoms with E-state index in [1.807, 2.05) is 30.3 Å². The van der Waals surface area contributed by atoms with Crippen LogP contribution in [0.15, 0.2) is 54.7 Å². The number of fused-ring (bicyclic) bond motifs is 2. The Bertz CT molecular complexity index is 1300. The Morgan fingerprint density at radius 1 is 1.21 bits per heavy atom. The van der Waals surface area contributed by atoms with Gasteiger partial charge < -0.3 is 15.4 Å². The van der Waals surface area contributed by atoms with Crippen LogP contribution in [0, 0.1) is 0 Å². The molecule has 2 aromatic carbocycles. The lowest BCUT2D eigenvalue weighted by Gasteiger charge is -2.27. The molecule has 170 valence electrons. The van der Waals surface area contributed by atoms with E-state index < -0.39 is 0 Å². The standard InChI is InChI=1S/C25H26ClN5O2/c26-19-5-3-4-17(12-19)13-28-25(33)24-21-16-30(9-8-23(21)31(29-24)10-11-32)15-18-14-27-22-7-2-1-6-20(18)22/h1-7,12,14,27,32H,8-11,13,15-16H2,(H,28,33). The first-order valence-corrected chi connectivity index (χ1v) is 11.5. The van der Waals surface area contributed by atoms with Crippen LogP contribution < -0.4 is 5.32 Å². The molecule has 0 atom stereocenters. The number of hydrogen-bond acceptors (Lipinski definition) is 4. The summed E-state index contributed by atoms with van der Waals surface area (Å²) in [5, 5.41) is 18.9. The number of para-hydroxylation sites is 1. The number of H-pyrrole nitrogens is 1. The third-order valence-corrected chi connectivity index (χ3v) is 6.39.